The van der Waals surface area contributed by atoms with Crippen molar-refractivity contribution in [3.05, 3.63) is 77.7 Å². The number of imidazole rings is 1. The summed E-state index contributed by atoms with van der Waals surface area (Å²) in [6.45, 7) is 2.27. The first kappa shape index (κ1) is 22.5. The molecule has 0 aliphatic carbocycles. The van der Waals surface area contributed by atoms with E-state index in [0.717, 1.165) is 55.2 Å². The Hall–Kier alpha value is -3.96. The number of hydrogen-bond donors (Lipinski definition) is 1. The molecule has 0 radical (unpaired) electrons. The summed E-state index contributed by atoms with van der Waals surface area (Å²) in [5.74, 6) is 0.586. The van der Waals surface area contributed by atoms with Crippen molar-refractivity contribution >= 4 is 17.2 Å². The molecule has 1 atom stereocenters. The maximum Gasteiger partial charge on any atom is 0.154 e. The highest BCUT2D eigenvalue weighted by Gasteiger charge is 2.29. The van der Waals surface area contributed by atoms with Crippen molar-refractivity contribution in [3.8, 4) is 17.3 Å². The van der Waals surface area contributed by atoms with Crippen LogP contribution in [-0.4, -0.2) is 45.4 Å². The maximum atomic E-state index is 14.6. The number of aromatic nitrogens is 3. The topological polar surface area (TPSA) is 80.7 Å². The summed E-state index contributed by atoms with van der Waals surface area (Å²) in [5.41, 5.74) is 4.54. The Bertz CT molecular complexity index is 1450. The summed E-state index contributed by atoms with van der Waals surface area (Å²) in [5, 5.41) is 24.6. The van der Waals surface area contributed by atoms with Crippen LogP contribution in [0.4, 0.5) is 15.9 Å². The molecule has 1 unspecified atom stereocenters. The van der Waals surface area contributed by atoms with Crippen LogP contribution in [0.15, 0.2) is 60.8 Å². The number of anilines is 2. The zero-order valence-corrected chi connectivity index (χ0v) is 19.9. The molecular formula is C28H27FN6O. The van der Waals surface area contributed by atoms with Gasteiger partial charge in [-0.25, -0.2) is 13.9 Å². The number of rotatable bonds is 4. The number of benzene rings is 2. The Morgan fingerprint density at radius 3 is 2.64 bits per heavy atom. The number of aliphatic hydroxyl groups is 1. The molecule has 2 saturated heterocycles. The van der Waals surface area contributed by atoms with Crippen LogP contribution >= 0.6 is 0 Å². The quantitative estimate of drug-likeness (QED) is 0.454. The monoisotopic (exact) mass is 482 g/mol. The van der Waals surface area contributed by atoms with Gasteiger partial charge in [-0.3, -0.25) is 0 Å². The Kier molecular flexibility index (Phi) is 5.78. The van der Waals surface area contributed by atoms with Crippen molar-refractivity contribution in [2.24, 2.45) is 0 Å². The summed E-state index contributed by atoms with van der Waals surface area (Å²) in [4.78, 5) is 8.86. The number of piperidine rings is 1. The van der Waals surface area contributed by atoms with Gasteiger partial charge in [0.05, 0.1) is 35.3 Å². The predicted octanol–water partition coefficient (Wildman–Crippen LogP) is 4.71. The highest BCUT2D eigenvalue weighted by atomic mass is 19.1. The molecule has 2 aliphatic heterocycles. The third kappa shape index (κ3) is 3.95. The zero-order chi connectivity index (χ0) is 24.6. The average Bonchev–Trinajstić information content (AvgIpc) is 3.56. The van der Waals surface area contributed by atoms with Gasteiger partial charge in [0.2, 0.25) is 0 Å². The lowest BCUT2D eigenvalue weighted by Crippen LogP contribution is -2.36. The van der Waals surface area contributed by atoms with Crippen molar-refractivity contribution in [1.82, 2.24) is 14.6 Å². The molecule has 7 nitrogen and oxygen atoms in total. The van der Waals surface area contributed by atoms with E-state index in [1.54, 1.807) is 16.8 Å². The third-order valence-electron chi connectivity index (χ3n) is 7.38. The second-order valence-electron chi connectivity index (χ2n) is 9.54. The fourth-order valence-electron chi connectivity index (χ4n) is 5.49. The van der Waals surface area contributed by atoms with E-state index in [0.29, 0.717) is 29.6 Å². The molecule has 36 heavy (non-hydrogen) atoms. The highest BCUT2D eigenvalue weighted by molar-refractivity contribution is 5.71. The van der Waals surface area contributed by atoms with Crippen molar-refractivity contribution in [2.45, 2.75) is 37.8 Å². The van der Waals surface area contributed by atoms with Crippen molar-refractivity contribution < 1.29 is 9.50 Å². The predicted molar refractivity (Wildman–Crippen MR) is 136 cm³/mol. The van der Waals surface area contributed by atoms with E-state index in [1.807, 2.05) is 42.5 Å². The lowest BCUT2D eigenvalue weighted by Gasteiger charge is -2.32. The zero-order valence-electron chi connectivity index (χ0n) is 19.9. The van der Waals surface area contributed by atoms with E-state index in [-0.39, 0.29) is 18.0 Å². The van der Waals surface area contributed by atoms with Gasteiger partial charge in [-0.2, -0.15) is 5.26 Å². The van der Waals surface area contributed by atoms with Gasteiger partial charge in [-0.05, 0) is 56.0 Å². The van der Waals surface area contributed by atoms with Crippen molar-refractivity contribution in [1.29, 1.82) is 5.26 Å². The lowest BCUT2D eigenvalue weighted by molar-refractivity contribution is 0.145. The van der Waals surface area contributed by atoms with Gasteiger partial charge in [0.15, 0.2) is 5.65 Å². The average molecular weight is 483 g/mol. The molecule has 0 saturated carbocycles. The normalized spacial score (nSPS) is 18.6. The molecule has 6 rings (SSSR count). The van der Waals surface area contributed by atoms with E-state index in [9.17, 15) is 14.8 Å². The second-order valence-corrected chi connectivity index (χ2v) is 9.54. The van der Waals surface area contributed by atoms with Crippen molar-refractivity contribution in [2.75, 3.05) is 29.4 Å². The van der Waals surface area contributed by atoms with Gasteiger partial charge in [-0.1, -0.05) is 24.3 Å². The second kappa shape index (κ2) is 9.25. The van der Waals surface area contributed by atoms with Gasteiger partial charge in [0.25, 0.3) is 0 Å². The van der Waals surface area contributed by atoms with Crippen LogP contribution < -0.4 is 9.80 Å². The van der Waals surface area contributed by atoms with Gasteiger partial charge in [0.1, 0.15) is 17.7 Å². The standard InChI is InChI=1S/C28H27FN6O/c29-23-5-2-1-4-22(23)25-6-3-13-34(25)28-10-9-27-31-18-26(35(27)32-28)19-7-8-24(20(16-19)17-30)33-14-11-21(36)12-15-33/h1-2,4-5,7-10,16,18,21,25,36H,3,6,11-15H2. The molecule has 0 bridgehead atoms. The van der Waals surface area contributed by atoms with Gasteiger partial charge in [-0.15, -0.1) is 5.10 Å². The molecule has 182 valence electrons. The smallest absolute Gasteiger partial charge is 0.154 e. The molecule has 0 amide bonds. The van der Waals surface area contributed by atoms with E-state index in [2.05, 4.69) is 20.9 Å². The first-order valence-corrected chi connectivity index (χ1v) is 12.5. The van der Waals surface area contributed by atoms with Crippen LogP contribution in [0.25, 0.3) is 16.9 Å². The van der Waals surface area contributed by atoms with Gasteiger partial charge < -0.3 is 14.9 Å². The number of aliphatic hydroxyl groups excluding tert-OH is 1. The molecule has 2 aromatic carbocycles. The Labute approximate surface area is 209 Å². The highest BCUT2D eigenvalue weighted by Crippen LogP contribution is 2.37. The number of hydrogen-bond acceptors (Lipinski definition) is 6. The van der Waals surface area contributed by atoms with Gasteiger partial charge in [0, 0.05) is 30.8 Å². The van der Waals surface area contributed by atoms with Crippen molar-refractivity contribution in [3.63, 3.8) is 0 Å². The Morgan fingerprint density at radius 1 is 1.00 bits per heavy atom. The molecule has 4 heterocycles. The van der Waals surface area contributed by atoms with E-state index < -0.39 is 0 Å². The van der Waals surface area contributed by atoms with E-state index >= 15 is 0 Å². The summed E-state index contributed by atoms with van der Waals surface area (Å²) in [7, 11) is 0. The third-order valence-corrected chi connectivity index (χ3v) is 7.38. The van der Waals surface area contributed by atoms with Crippen LogP contribution in [0.5, 0.6) is 0 Å². The lowest BCUT2D eigenvalue weighted by atomic mass is 10.0. The molecule has 2 fully saturated rings. The SMILES string of the molecule is N#Cc1cc(-c2cnc3ccc(N4CCCC4c4ccccc4F)nn23)ccc1N1CCC(O)CC1. The van der Waals surface area contributed by atoms with E-state index in [4.69, 9.17) is 5.10 Å². The molecule has 1 N–H and O–H groups in total. The fourth-order valence-corrected chi connectivity index (χ4v) is 5.49. The summed E-state index contributed by atoms with van der Waals surface area (Å²) in [6.07, 6.45) is 4.76. The minimum absolute atomic E-state index is 0.0596. The molecule has 2 aliphatic rings. The fraction of sp³-hybridized carbons (Fsp3) is 0.321. The molecule has 8 heteroatoms. The van der Waals surface area contributed by atoms with Crippen LogP contribution in [0.2, 0.25) is 0 Å². The van der Waals surface area contributed by atoms with Crippen LogP contribution in [-0.2, 0) is 0 Å². The molecular weight excluding hydrogens is 455 g/mol. The molecule has 4 aromatic rings. The maximum absolute atomic E-state index is 14.6. The van der Waals surface area contributed by atoms with E-state index in [1.165, 1.54) is 6.07 Å². The van der Waals surface area contributed by atoms with Crippen LogP contribution in [0, 0.1) is 17.1 Å². The molecule has 0 spiro atoms. The summed E-state index contributed by atoms with van der Waals surface area (Å²) in [6, 6.07) is 19.0. The minimum Gasteiger partial charge on any atom is -0.393 e. The van der Waals surface area contributed by atoms with Gasteiger partial charge >= 0.3 is 0 Å². The minimum atomic E-state index is -0.266. The Balaban J connectivity index is 1.35. The largest absolute Gasteiger partial charge is 0.393 e. The number of nitrogens with zero attached hydrogens (tertiary/aromatic N) is 6. The van der Waals surface area contributed by atoms with Crippen LogP contribution in [0.3, 0.4) is 0 Å². The number of fused-ring (bicyclic) bond motifs is 1. The molecule has 2 aromatic heterocycles. The first-order chi connectivity index (χ1) is 17.6. The Morgan fingerprint density at radius 2 is 1.83 bits per heavy atom. The number of halogens is 1. The summed E-state index contributed by atoms with van der Waals surface area (Å²) < 4.78 is 16.4. The van der Waals surface area contributed by atoms with Crippen LogP contribution in [0.1, 0.15) is 42.9 Å². The first-order valence-electron chi connectivity index (χ1n) is 12.5. The number of nitriles is 1. The summed E-state index contributed by atoms with van der Waals surface area (Å²) >= 11 is 0.